The minimum Gasteiger partial charge on any atom is -0.352 e. The highest BCUT2D eigenvalue weighted by atomic mass is 16.1. The highest BCUT2D eigenvalue weighted by Crippen LogP contribution is 2.06. The van der Waals surface area contributed by atoms with Gasteiger partial charge in [0.2, 0.25) is 5.91 Å². The van der Waals surface area contributed by atoms with Crippen molar-refractivity contribution in [1.82, 2.24) is 19.9 Å². The summed E-state index contributed by atoms with van der Waals surface area (Å²) in [5.41, 5.74) is 6.62. The van der Waals surface area contributed by atoms with Crippen molar-refractivity contribution in [2.75, 3.05) is 0 Å². The Bertz CT molecular complexity index is 550. The number of rotatable bonds is 6. The molecule has 2 rings (SSSR count). The van der Waals surface area contributed by atoms with E-state index in [1.807, 2.05) is 29.8 Å². The van der Waals surface area contributed by atoms with Crippen molar-refractivity contribution in [1.29, 1.82) is 0 Å². The third kappa shape index (κ3) is 4.17. The first-order valence-corrected chi connectivity index (χ1v) is 6.60. The smallest absolute Gasteiger partial charge is 0.220 e. The molecule has 0 radical (unpaired) electrons. The predicted molar refractivity (Wildman–Crippen MR) is 76.1 cm³/mol. The quantitative estimate of drug-likeness (QED) is 0.822. The summed E-state index contributed by atoms with van der Waals surface area (Å²) in [6.45, 7) is 2.38. The van der Waals surface area contributed by atoms with Crippen molar-refractivity contribution >= 4 is 5.91 Å². The van der Waals surface area contributed by atoms with Crippen LogP contribution in [0.1, 0.15) is 25.3 Å². The van der Waals surface area contributed by atoms with Gasteiger partial charge < -0.3 is 11.1 Å². The van der Waals surface area contributed by atoms with Crippen LogP contribution in [-0.2, 0) is 11.3 Å². The number of pyridine rings is 1. The van der Waals surface area contributed by atoms with E-state index in [0.717, 1.165) is 11.4 Å². The second-order valence-corrected chi connectivity index (χ2v) is 4.78. The molecule has 106 valence electrons. The monoisotopic (exact) mass is 273 g/mol. The van der Waals surface area contributed by atoms with Gasteiger partial charge in [0.25, 0.3) is 0 Å². The lowest BCUT2D eigenvalue weighted by Gasteiger charge is -2.08. The first-order chi connectivity index (χ1) is 9.65. The van der Waals surface area contributed by atoms with E-state index in [4.69, 9.17) is 5.73 Å². The van der Waals surface area contributed by atoms with Gasteiger partial charge >= 0.3 is 0 Å². The van der Waals surface area contributed by atoms with Crippen LogP contribution in [0, 0.1) is 0 Å². The van der Waals surface area contributed by atoms with Crippen LogP contribution in [0.4, 0.5) is 0 Å². The standard InChI is InChI=1S/C14H19N5O/c1-11(15)2-3-14(20)18-9-12-4-5-17-13(8-12)19-7-6-16-10-19/h4-8,10-11H,2-3,9,15H2,1H3,(H,18,20). The first kappa shape index (κ1) is 14.2. The highest BCUT2D eigenvalue weighted by Gasteiger charge is 2.04. The van der Waals surface area contributed by atoms with Gasteiger partial charge in [-0.25, -0.2) is 9.97 Å². The Hall–Kier alpha value is -2.21. The van der Waals surface area contributed by atoms with Gasteiger partial charge in [-0.1, -0.05) is 0 Å². The molecule has 0 aliphatic heterocycles. The third-order valence-electron chi connectivity index (χ3n) is 2.90. The van der Waals surface area contributed by atoms with Crippen LogP contribution in [0.15, 0.2) is 37.1 Å². The molecule has 1 amide bonds. The van der Waals surface area contributed by atoms with Crippen LogP contribution < -0.4 is 11.1 Å². The molecule has 0 saturated carbocycles. The number of nitrogens with zero attached hydrogens (tertiary/aromatic N) is 3. The molecular weight excluding hydrogens is 254 g/mol. The molecule has 2 heterocycles. The lowest BCUT2D eigenvalue weighted by molar-refractivity contribution is -0.121. The van der Waals surface area contributed by atoms with E-state index in [9.17, 15) is 4.79 Å². The predicted octanol–water partition coefficient (Wildman–Crippen LogP) is 1.01. The fraction of sp³-hybridized carbons (Fsp3) is 0.357. The third-order valence-corrected chi connectivity index (χ3v) is 2.90. The average molecular weight is 273 g/mol. The Morgan fingerprint density at radius 2 is 2.35 bits per heavy atom. The van der Waals surface area contributed by atoms with Gasteiger partial charge in [0, 0.05) is 37.6 Å². The average Bonchev–Trinajstić information content (AvgIpc) is 2.97. The molecule has 0 aliphatic rings. The summed E-state index contributed by atoms with van der Waals surface area (Å²) >= 11 is 0. The Labute approximate surface area is 118 Å². The van der Waals surface area contributed by atoms with Crippen molar-refractivity contribution < 1.29 is 4.79 Å². The van der Waals surface area contributed by atoms with E-state index in [1.165, 1.54) is 0 Å². The van der Waals surface area contributed by atoms with Crippen LogP contribution in [0.3, 0.4) is 0 Å². The molecule has 2 aromatic heterocycles. The second-order valence-electron chi connectivity index (χ2n) is 4.78. The topological polar surface area (TPSA) is 85.8 Å². The van der Waals surface area contributed by atoms with E-state index in [1.54, 1.807) is 18.7 Å². The van der Waals surface area contributed by atoms with Crippen molar-refractivity contribution in [2.24, 2.45) is 5.73 Å². The number of hydrogen-bond donors (Lipinski definition) is 2. The molecule has 0 aromatic carbocycles. The molecular formula is C14H19N5O. The van der Waals surface area contributed by atoms with Gasteiger partial charge in [0.15, 0.2) is 0 Å². The molecule has 1 atom stereocenters. The number of amides is 1. The van der Waals surface area contributed by atoms with E-state index in [-0.39, 0.29) is 11.9 Å². The molecule has 0 aliphatic carbocycles. The number of aromatic nitrogens is 3. The lowest BCUT2D eigenvalue weighted by Crippen LogP contribution is -2.25. The summed E-state index contributed by atoms with van der Waals surface area (Å²) in [6.07, 6.45) is 8.09. The van der Waals surface area contributed by atoms with E-state index in [0.29, 0.717) is 19.4 Å². The van der Waals surface area contributed by atoms with E-state index in [2.05, 4.69) is 15.3 Å². The fourth-order valence-electron chi connectivity index (χ4n) is 1.75. The minimum atomic E-state index is 0.0169. The second kappa shape index (κ2) is 6.81. The largest absolute Gasteiger partial charge is 0.352 e. The van der Waals surface area contributed by atoms with Gasteiger partial charge in [-0.15, -0.1) is 0 Å². The summed E-state index contributed by atoms with van der Waals surface area (Å²) in [5.74, 6) is 0.799. The molecule has 0 spiro atoms. The van der Waals surface area contributed by atoms with Crippen LogP contribution >= 0.6 is 0 Å². The molecule has 3 N–H and O–H groups in total. The summed E-state index contributed by atoms with van der Waals surface area (Å²) in [5, 5.41) is 2.88. The van der Waals surface area contributed by atoms with Crippen LogP contribution in [0.2, 0.25) is 0 Å². The van der Waals surface area contributed by atoms with Gasteiger partial charge in [-0.3, -0.25) is 9.36 Å². The van der Waals surface area contributed by atoms with Crippen LogP contribution in [0.25, 0.3) is 5.82 Å². The molecule has 6 nitrogen and oxygen atoms in total. The summed E-state index contributed by atoms with van der Waals surface area (Å²) in [6, 6.07) is 3.86. The summed E-state index contributed by atoms with van der Waals surface area (Å²) in [4.78, 5) is 19.9. The lowest BCUT2D eigenvalue weighted by atomic mass is 10.2. The number of nitrogens with one attached hydrogen (secondary N) is 1. The zero-order valence-electron chi connectivity index (χ0n) is 11.5. The molecule has 20 heavy (non-hydrogen) atoms. The van der Waals surface area contributed by atoms with Gasteiger partial charge in [-0.2, -0.15) is 0 Å². The zero-order chi connectivity index (χ0) is 14.4. The maximum atomic E-state index is 11.6. The Morgan fingerprint density at radius 3 is 3.05 bits per heavy atom. The number of imidazole rings is 1. The number of carbonyl (C=O) groups is 1. The van der Waals surface area contributed by atoms with E-state index < -0.39 is 0 Å². The van der Waals surface area contributed by atoms with Crippen LogP contribution in [0.5, 0.6) is 0 Å². The summed E-state index contributed by atoms with van der Waals surface area (Å²) < 4.78 is 1.82. The molecule has 2 aromatic rings. The fourth-order valence-corrected chi connectivity index (χ4v) is 1.75. The maximum Gasteiger partial charge on any atom is 0.220 e. The first-order valence-electron chi connectivity index (χ1n) is 6.60. The maximum absolute atomic E-state index is 11.6. The Morgan fingerprint density at radius 1 is 1.50 bits per heavy atom. The SMILES string of the molecule is CC(N)CCC(=O)NCc1ccnc(-n2ccnc2)c1. The molecule has 0 bridgehead atoms. The van der Waals surface area contributed by atoms with Crippen molar-refractivity contribution in [3.63, 3.8) is 0 Å². The Balaban J connectivity index is 1.90. The molecule has 0 saturated heterocycles. The van der Waals surface area contributed by atoms with Gasteiger partial charge in [0.1, 0.15) is 12.1 Å². The van der Waals surface area contributed by atoms with E-state index >= 15 is 0 Å². The minimum absolute atomic E-state index is 0.0169. The van der Waals surface area contributed by atoms with Gasteiger partial charge in [-0.05, 0) is 31.0 Å². The number of hydrogen-bond acceptors (Lipinski definition) is 4. The summed E-state index contributed by atoms with van der Waals surface area (Å²) in [7, 11) is 0. The number of nitrogens with two attached hydrogens (primary N) is 1. The zero-order valence-corrected chi connectivity index (χ0v) is 11.5. The van der Waals surface area contributed by atoms with Crippen molar-refractivity contribution in [3.8, 4) is 5.82 Å². The molecule has 1 unspecified atom stereocenters. The van der Waals surface area contributed by atoms with Crippen LogP contribution in [-0.4, -0.2) is 26.5 Å². The number of carbonyl (C=O) groups excluding carboxylic acids is 1. The highest BCUT2D eigenvalue weighted by molar-refractivity contribution is 5.75. The molecule has 0 fully saturated rings. The molecule has 6 heteroatoms. The Kier molecular flexibility index (Phi) is 4.84. The van der Waals surface area contributed by atoms with Crippen molar-refractivity contribution in [2.45, 2.75) is 32.4 Å². The van der Waals surface area contributed by atoms with Gasteiger partial charge in [0.05, 0.1) is 0 Å². The van der Waals surface area contributed by atoms with Crippen molar-refractivity contribution in [3.05, 3.63) is 42.6 Å². The normalized spacial score (nSPS) is 12.1.